The maximum absolute atomic E-state index is 5.45. The van der Waals surface area contributed by atoms with Gasteiger partial charge >= 0.3 is 0 Å². The van der Waals surface area contributed by atoms with Crippen LogP contribution in [-0.2, 0) is 4.74 Å². The quantitative estimate of drug-likeness (QED) is 0.672. The van der Waals surface area contributed by atoms with E-state index in [1.807, 2.05) is 0 Å². The minimum atomic E-state index is 0.635. The highest BCUT2D eigenvalue weighted by Crippen LogP contribution is 2.14. The maximum atomic E-state index is 5.45. The first-order valence-corrected chi connectivity index (χ1v) is 6.76. The minimum Gasteiger partial charge on any atom is -0.380 e. The molecule has 1 N–H and O–H groups in total. The fourth-order valence-corrected chi connectivity index (χ4v) is 2.28. The van der Waals surface area contributed by atoms with Crippen molar-refractivity contribution >= 4 is 0 Å². The molecule has 1 saturated heterocycles. The Hall–Kier alpha value is -0.120. The van der Waals surface area contributed by atoms with Crippen LogP contribution >= 0.6 is 0 Å². The summed E-state index contributed by atoms with van der Waals surface area (Å²) < 4.78 is 5.45. The molecule has 0 aromatic heterocycles. The molecule has 1 heterocycles. The van der Waals surface area contributed by atoms with Crippen molar-refractivity contribution in [3.8, 4) is 0 Å². The Morgan fingerprint density at radius 1 is 1.31 bits per heavy atom. The molecule has 0 aromatic carbocycles. The topological polar surface area (TPSA) is 24.5 Å². The summed E-state index contributed by atoms with van der Waals surface area (Å²) in [6.45, 7) is 13.1. The Kier molecular flexibility index (Phi) is 7.01. The highest BCUT2D eigenvalue weighted by Gasteiger charge is 2.18. The van der Waals surface area contributed by atoms with Gasteiger partial charge in [-0.25, -0.2) is 0 Å². The standard InChI is InChI=1S/C13H28N2O/c1-4-16-10-9-15(12(2)3)11-13-5-7-14-8-6-13/h12-14H,4-11H2,1-3H3. The summed E-state index contributed by atoms with van der Waals surface area (Å²) in [6.07, 6.45) is 2.66. The second-order valence-electron chi connectivity index (χ2n) is 4.98. The van der Waals surface area contributed by atoms with E-state index in [2.05, 4.69) is 31.0 Å². The van der Waals surface area contributed by atoms with Crippen LogP contribution in [0.25, 0.3) is 0 Å². The molecule has 0 bridgehead atoms. The molecule has 0 unspecified atom stereocenters. The monoisotopic (exact) mass is 228 g/mol. The van der Waals surface area contributed by atoms with E-state index in [1.165, 1.54) is 32.5 Å². The lowest BCUT2D eigenvalue weighted by atomic mass is 9.97. The number of piperidine rings is 1. The zero-order valence-electron chi connectivity index (χ0n) is 11.2. The minimum absolute atomic E-state index is 0.635. The van der Waals surface area contributed by atoms with Crippen LogP contribution in [0.1, 0.15) is 33.6 Å². The second-order valence-corrected chi connectivity index (χ2v) is 4.98. The predicted molar refractivity (Wildman–Crippen MR) is 68.8 cm³/mol. The van der Waals surface area contributed by atoms with Crippen LogP contribution in [0, 0.1) is 5.92 Å². The van der Waals surface area contributed by atoms with Crippen LogP contribution in [0.15, 0.2) is 0 Å². The van der Waals surface area contributed by atoms with Gasteiger partial charge in [0.25, 0.3) is 0 Å². The van der Waals surface area contributed by atoms with Crippen molar-refractivity contribution in [2.75, 3.05) is 39.4 Å². The van der Waals surface area contributed by atoms with Gasteiger partial charge in [-0.05, 0) is 52.6 Å². The van der Waals surface area contributed by atoms with Gasteiger partial charge in [0.2, 0.25) is 0 Å². The number of hydrogen-bond donors (Lipinski definition) is 1. The molecule has 0 aliphatic carbocycles. The largest absolute Gasteiger partial charge is 0.380 e. The van der Waals surface area contributed by atoms with E-state index in [0.717, 1.165) is 25.7 Å². The third-order valence-corrected chi connectivity index (χ3v) is 3.41. The van der Waals surface area contributed by atoms with E-state index in [-0.39, 0.29) is 0 Å². The van der Waals surface area contributed by atoms with Gasteiger partial charge in [0.1, 0.15) is 0 Å². The Balaban J connectivity index is 2.25. The number of nitrogens with zero attached hydrogens (tertiary/aromatic N) is 1. The first kappa shape index (κ1) is 13.9. The van der Waals surface area contributed by atoms with Gasteiger partial charge in [-0.15, -0.1) is 0 Å². The molecule has 0 radical (unpaired) electrons. The predicted octanol–water partition coefficient (Wildman–Crippen LogP) is 1.73. The van der Waals surface area contributed by atoms with Crippen LogP contribution in [-0.4, -0.2) is 50.3 Å². The Morgan fingerprint density at radius 3 is 2.56 bits per heavy atom. The molecule has 3 heteroatoms. The molecule has 0 saturated carbocycles. The summed E-state index contributed by atoms with van der Waals surface area (Å²) in [7, 11) is 0. The normalized spacial score (nSPS) is 18.6. The summed E-state index contributed by atoms with van der Waals surface area (Å²) in [5.41, 5.74) is 0. The Morgan fingerprint density at radius 2 is 2.00 bits per heavy atom. The van der Waals surface area contributed by atoms with Gasteiger partial charge in [0, 0.05) is 25.7 Å². The third kappa shape index (κ3) is 5.28. The fourth-order valence-electron chi connectivity index (χ4n) is 2.28. The SMILES string of the molecule is CCOCCN(CC1CCNCC1)C(C)C. The van der Waals surface area contributed by atoms with Crippen molar-refractivity contribution < 1.29 is 4.74 Å². The van der Waals surface area contributed by atoms with Crippen molar-refractivity contribution in [1.82, 2.24) is 10.2 Å². The molecule has 1 fully saturated rings. The van der Waals surface area contributed by atoms with E-state index in [0.29, 0.717) is 6.04 Å². The van der Waals surface area contributed by atoms with Gasteiger partial charge in [-0.2, -0.15) is 0 Å². The summed E-state index contributed by atoms with van der Waals surface area (Å²) in [4.78, 5) is 2.56. The van der Waals surface area contributed by atoms with Gasteiger partial charge in [-0.1, -0.05) is 0 Å². The lowest BCUT2D eigenvalue weighted by Gasteiger charge is -2.32. The molecule has 0 atom stereocenters. The first-order chi connectivity index (χ1) is 7.74. The van der Waals surface area contributed by atoms with Crippen molar-refractivity contribution in [2.45, 2.75) is 39.7 Å². The van der Waals surface area contributed by atoms with E-state index >= 15 is 0 Å². The summed E-state index contributed by atoms with van der Waals surface area (Å²) in [5, 5.41) is 3.43. The molecule has 0 spiro atoms. The molecule has 96 valence electrons. The van der Waals surface area contributed by atoms with Crippen molar-refractivity contribution in [3.63, 3.8) is 0 Å². The number of hydrogen-bond acceptors (Lipinski definition) is 3. The van der Waals surface area contributed by atoms with Gasteiger partial charge in [0.15, 0.2) is 0 Å². The van der Waals surface area contributed by atoms with E-state index < -0.39 is 0 Å². The lowest BCUT2D eigenvalue weighted by Crippen LogP contribution is -2.41. The molecular weight excluding hydrogens is 200 g/mol. The highest BCUT2D eigenvalue weighted by atomic mass is 16.5. The van der Waals surface area contributed by atoms with E-state index in [1.54, 1.807) is 0 Å². The van der Waals surface area contributed by atoms with Gasteiger partial charge in [0.05, 0.1) is 6.61 Å². The number of rotatable bonds is 7. The van der Waals surface area contributed by atoms with Gasteiger partial charge < -0.3 is 10.1 Å². The summed E-state index contributed by atoms with van der Waals surface area (Å²) in [6, 6.07) is 0.635. The molecule has 1 aliphatic rings. The van der Waals surface area contributed by atoms with Crippen molar-refractivity contribution in [2.24, 2.45) is 5.92 Å². The molecule has 0 amide bonds. The molecule has 1 aliphatic heterocycles. The molecule has 3 nitrogen and oxygen atoms in total. The van der Waals surface area contributed by atoms with Crippen molar-refractivity contribution in [3.05, 3.63) is 0 Å². The Labute approximate surface area is 101 Å². The van der Waals surface area contributed by atoms with Gasteiger partial charge in [-0.3, -0.25) is 4.90 Å². The third-order valence-electron chi connectivity index (χ3n) is 3.41. The van der Waals surface area contributed by atoms with E-state index in [9.17, 15) is 0 Å². The zero-order chi connectivity index (χ0) is 11.8. The summed E-state index contributed by atoms with van der Waals surface area (Å²) >= 11 is 0. The average molecular weight is 228 g/mol. The van der Waals surface area contributed by atoms with Crippen LogP contribution in [0.2, 0.25) is 0 Å². The first-order valence-electron chi connectivity index (χ1n) is 6.76. The van der Waals surface area contributed by atoms with Crippen LogP contribution < -0.4 is 5.32 Å². The maximum Gasteiger partial charge on any atom is 0.0593 e. The van der Waals surface area contributed by atoms with Crippen LogP contribution in [0.5, 0.6) is 0 Å². The number of nitrogens with one attached hydrogen (secondary N) is 1. The summed E-state index contributed by atoms with van der Waals surface area (Å²) in [5.74, 6) is 0.880. The fraction of sp³-hybridized carbons (Fsp3) is 1.00. The highest BCUT2D eigenvalue weighted by molar-refractivity contribution is 4.74. The molecule has 0 aromatic rings. The van der Waals surface area contributed by atoms with E-state index in [4.69, 9.17) is 4.74 Å². The van der Waals surface area contributed by atoms with Crippen LogP contribution in [0.3, 0.4) is 0 Å². The number of ether oxygens (including phenoxy) is 1. The van der Waals surface area contributed by atoms with Crippen molar-refractivity contribution in [1.29, 1.82) is 0 Å². The molecule has 1 rings (SSSR count). The zero-order valence-corrected chi connectivity index (χ0v) is 11.2. The smallest absolute Gasteiger partial charge is 0.0593 e. The second kappa shape index (κ2) is 8.04. The lowest BCUT2D eigenvalue weighted by molar-refractivity contribution is 0.0882. The molecule has 16 heavy (non-hydrogen) atoms. The van der Waals surface area contributed by atoms with Crippen LogP contribution in [0.4, 0.5) is 0 Å². The Bertz CT molecular complexity index is 167. The molecular formula is C13H28N2O. The average Bonchev–Trinajstić information content (AvgIpc) is 2.29.